The van der Waals surface area contributed by atoms with Crippen LogP contribution in [0.2, 0.25) is 0 Å². The maximum Gasteiger partial charge on any atom is 0.450 e. The first-order valence-electron chi connectivity index (χ1n) is 3.98. The second-order valence-electron chi connectivity index (χ2n) is 3.02. The van der Waals surface area contributed by atoms with E-state index in [0.29, 0.717) is 6.54 Å². The third kappa shape index (κ3) is 3.11. The fourth-order valence-corrected chi connectivity index (χ4v) is 1.41. The number of nitrogens with zero attached hydrogens (tertiary/aromatic N) is 1. The van der Waals surface area contributed by atoms with Crippen LogP contribution < -0.4 is 5.43 Å². The molecule has 1 heterocycles. The molecule has 0 amide bonds. The number of halogens is 4. The highest BCUT2D eigenvalue weighted by Gasteiger charge is 2.45. The third-order valence-electron chi connectivity index (χ3n) is 2.15. The quantitative estimate of drug-likeness (QED) is 0.771. The van der Waals surface area contributed by atoms with E-state index in [0.717, 1.165) is 0 Å². The third-order valence-corrected chi connectivity index (χ3v) is 2.15. The zero-order chi connectivity index (χ0) is 10.1. The molecule has 84 valence electrons. The topological polar surface area (TPSA) is 32.3 Å². The molecule has 0 bridgehead atoms. The molecule has 1 fully saturated rings. The van der Waals surface area contributed by atoms with E-state index in [1.807, 2.05) is 0 Å². The Morgan fingerprint density at radius 1 is 1.50 bits per heavy atom. The molecular weight excluding hydrogens is 221 g/mol. The van der Waals surface area contributed by atoms with Crippen LogP contribution >= 0.6 is 12.4 Å². The molecule has 3 nitrogen and oxygen atoms in total. The Bertz CT molecular complexity index is 210. The number of Topliss-reactive ketones (excluding diaryl/α,β-unsaturated/α-hetero) is 1. The number of nitrogens with one attached hydrogen (secondary N) is 1. The average Bonchev–Trinajstić information content (AvgIpc) is 2.48. The Kier molecular flexibility index (Phi) is 4.83. The predicted octanol–water partition coefficient (Wildman–Crippen LogP) is 0.996. The largest absolute Gasteiger partial charge is 0.450 e. The van der Waals surface area contributed by atoms with E-state index in [9.17, 15) is 18.0 Å². The smallest absolute Gasteiger partial charge is 0.289 e. The minimum Gasteiger partial charge on any atom is -0.289 e. The lowest BCUT2D eigenvalue weighted by molar-refractivity contribution is -0.175. The van der Waals surface area contributed by atoms with Crippen LogP contribution in [-0.2, 0) is 4.79 Å². The summed E-state index contributed by atoms with van der Waals surface area (Å²) in [5, 5.41) is 1.61. The molecule has 0 saturated carbocycles. The molecule has 0 aromatic heterocycles. The van der Waals surface area contributed by atoms with Crippen molar-refractivity contribution in [1.82, 2.24) is 10.4 Å². The van der Waals surface area contributed by atoms with E-state index < -0.39 is 17.9 Å². The molecule has 1 unspecified atom stereocenters. The van der Waals surface area contributed by atoms with Gasteiger partial charge in [0.1, 0.15) is 0 Å². The van der Waals surface area contributed by atoms with Crippen molar-refractivity contribution >= 4 is 18.2 Å². The maximum atomic E-state index is 11.9. The van der Waals surface area contributed by atoms with Gasteiger partial charge in [-0.2, -0.15) is 13.2 Å². The second-order valence-corrected chi connectivity index (χ2v) is 3.02. The summed E-state index contributed by atoms with van der Waals surface area (Å²) >= 11 is 0. The van der Waals surface area contributed by atoms with Crippen LogP contribution in [0, 0.1) is 5.92 Å². The summed E-state index contributed by atoms with van der Waals surface area (Å²) in [5.74, 6) is -2.50. The molecule has 0 spiro atoms. The molecule has 0 aliphatic carbocycles. The molecule has 0 aromatic carbocycles. The molecule has 1 rings (SSSR count). The van der Waals surface area contributed by atoms with Crippen molar-refractivity contribution in [2.24, 2.45) is 5.92 Å². The summed E-state index contributed by atoms with van der Waals surface area (Å²) in [7, 11) is 1.63. The zero-order valence-electron chi connectivity index (χ0n) is 7.60. The first-order valence-corrected chi connectivity index (χ1v) is 3.98. The molecule has 1 aliphatic rings. The summed E-state index contributed by atoms with van der Waals surface area (Å²) in [6.07, 6.45) is -4.41. The van der Waals surface area contributed by atoms with E-state index >= 15 is 0 Å². The summed E-state index contributed by atoms with van der Waals surface area (Å²) in [4.78, 5) is 10.7. The van der Waals surface area contributed by atoms with Gasteiger partial charge in [-0.3, -0.25) is 10.2 Å². The van der Waals surface area contributed by atoms with E-state index in [-0.39, 0.29) is 25.4 Å². The van der Waals surface area contributed by atoms with Gasteiger partial charge >= 0.3 is 6.18 Å². The number of hydrazine groups is 1. The normalized spacial score (nSPS) is 23.3. The highest BCUT2D eigenvalue weighted by Crippen LogP contribution is 2.26. The minimum atomic E-state index is -4.69. The zero-order valence-corrected chi connectivity index (χ0v) is 8.41. The lowest BCUT2D eigenvalue weighted by atomic mass is 10.0. The van der Waals surface area contributed by atoms with Gasteiger partial charge in [-0.05, 0) is 13.5 Å². The van der Waals surface area contributed by atoms with Crippen molar-refractivity contribution in [3.63, 3.8) is 0 Å². The van der Waals surface area contributed by atoms with Gasteiger partial charge in [0.25, 0.3) is 0 Å². The number of hydrogen-bond acceptors (Lipinski definition) is 3. The van der Waals surface area contributed by atoms with Crippen molar-refractivity contribution in [3.05, 3.63) is 0 Å². The summed E-state index contributed by atoms with van der Waals surface area (Å²) in [6.45, 7) is 0.637. The molecular formula is C7H12ClF3N2O. The van der Waals surface area contributed by atoms with E-state index in [1.54, 1.807) is 12.1 Å². The van der Waals surface area contributed by atoms with E-state index in [4.69, 9.17) is 0 Å². The predicted molar refractivity (Wildman–Crippen MR) is 47.0 cm³/mol. The molecule has 0 aromatic rings. The Morgan fingerprint density at radius 2 is 2.07 bits per heavy atom. The van der Waals surface area contributed by atoms with Crippen LogP contribution in [0.25, 0.3) is 0 Å². The number of ketones is 1. The SMILES string of the molecule is CNN1CCC(C(=O)C(F)(F)F)C1.Cl. The van der Waals surface area contributed by atoms with Gasteiger partial charge in [-0.25, -0.2) is 5.01 Å². The molecule has 1 N–H and O–H groups in total. The van der Waals surface area contributed by atoms with Crippen molar-refractivity contribution in [3.8, 4) is 0 Å². The van der Waals surface area contributed by atoms with Gasteiger partial charge in [0.05, 0.1) is 0 Å². The van der Waals surface area contributed by atoms with Crippen LogP contribution in [0.4, 0.5) is 13.2 Å². The van der Waals surface area contributed by atoms with Crippen molar-refractivity contribution in [2.75, 3.05) is 20.1 Å². The summed E-state index contributed by atoms with van der Waals surface area (Å²) in [6, 6.07) is 0. The second kappa shape index (κ2) is 4.95. The number of hydrogen-bond donors (Lipinski definition) is 1. The highest BCUT2D eigenvalue weighted by molar-refractivity contribution is 5.86. The maximum absolute atomic E-state index is 11.9. The highest BCUT2D eigenvalue weighted by atomic mass is 35.5. The average molecular weight is 233 g/mol. The van der Waals surface area contributed by atoms with Crippen molar-refractivity contribution in [1.29, 1.82) is 0 Å². The van der Waals surface area contributed by atoms with Gasteiger partial charge in [0.15, 0.2) is 0 Å². The lowest BCUT2D eigenvalue weighted by Gasteiger charge is -2.14. The van der Waals surface area contributed by atoms with Crippen LogP contribution in [0.1, 0.15) is 6.42 Å². The Labute approximate surface area is 86.0 Å². The van der Waals surface area contributed by atoms with Gasteiger partial charge < -0.3 is 0 Å². The Balaban J connectivity index is 0.00000169. The monoisotopic (exact) mass is 232 g/mol. The lowest BCUT2D eigenvalue weighted by Crippen LogP contribution is -2.36. The number of rotatable bonds is 2. The van der Waals surface area contributed by atoms with Crippen molar-refractivity contribution < 1.29 is 18.0 Å². The molecule has 7 heteroatoms. The van der Waals surface area contributed by atoms with Gasteiger partial charge in [-0.15, -0.1) is 12.4 Å². The fraction of sp³-hybridized carbons (Fsp3) is 0.857. The Hall–Kier alpha value is -0.330. The molecule has 1 atom stereocenters. The van der Waals surface area contributed by atoms with Crippen LogP contribution in [-0.4, -0.2) is 37.1 Å². The first kappa shape index (κ1) is 13.7. The molecule has 1 aliphatic heterocycles. The van der Waals surface area contributed by atoms with Gasteiger partial charge in [-0.1, -0.05) is 0 Å². The van der Waals surface area contributed by atoms with E-state index in [1.165, 1.54) is 0 Å². The van der Waals surface area contributed by atoms with Crippen LogP contribution in [0.5, 0.6) is 0 Å². The molecule has 14 heavy (non-hydrogen) atoms. The van der Waals surface area contributed by atoms with Gasteiger partial charge in [0.2, 0.25) is 5.78 Å². The van der Waals surface area contributed by atoms with Crippen LogP contribution in [0.3, 0.4) is 0 Å². The number of alkyl halides is 3. The minimum absolute atomic E-state index is 0. The standard InChI is InChI=1S/C7H11F3N2O.ClH/c1-11-12-3-2-5(4-12)6(13)7(8,9)10;/h5,11H,2-4H2,1H3;1H. The van der Waals surface area contributed by atoms with Crippen LogP contribution in [0.15, 0.2) is 0 Å². The number of carbonyl (C=O) groups excluding carboxylic acids is 1. The van der Waals surface area contributed by atoms with E-state index in [2.05, 4.69) is 5.43 Å². The van der Waals surface area contributed by atoms with Crippen molar-refractivity contribution in [2.45, 2.75) is 12.6 Å². The van der Waals surface area contributed by atoms with Gasteiger partial charge in [0, 0.05) is 19.0 Å². The fourth-order valence-electron chi connectivity index (χ4n) is 1.41. The first-order chi connectivity index (χ1) is 5.95. The summed E-state index contributed by atoms with van der Waals surface area (Å²) < 4.78 is 35.8. The molecule has 1 saturated heterocycles. The number of carbonyl (C=O) groups is 1. The molecule has 0 radical (unpaired) electrons. The summed E-state index contributed by atoms with van der Waals surface area (Å²) in [5.41, 5.74) is 2.71. The Morgan fingerprint density at radius 3 is 2.43 bits per heavy atom.